The van der Waals surface area contributed by atoms with Crippen molar-refractivity contribution < 1.29 is 14.3 Å². The van der Waals surface area contributed by atoms with Gasteiger partial charge in [0.05, 0.1) is 21.8 Å². The zero-order chi connectivity index (χ0) is 26.3. The summed E-state index contributed by atoms with van der Waals surface area (Å²) in [5.74, 6) is -0.0993. The van der Waals surface area contributed by atoms with Crippen LogP contribution in [0.2, 0.25) is 5.02 Å². The van der Waals surface area contributed by atoms with E-state index in [2.05, 4.69) is 20.0 Å². The molecule has 192 valence electrons. The van der Waals surface area contributed by atoms with Gasteiger partial charge in [0.2, 0.25) is 0 Å². The van der Waals surface area contributed by atoms with Crippen molar-refractivity contribution in [1.29, 1.82) is 0 Å². The van der Waals surface area contributed by atoms with Crippen LogP contribution in [-0.4, -0.2) is 66.7 Å². The minimum atomic E-state index is -1.20. The largest absolute Gasteiger partial charge is 0.382 e. The van der Waals surface area contributed by atoms with Gasteiger partial charge < -0.3 is 10.0 Å². The Morgan fingerprint density at radius 3 is 2.49 bits per heavy atom. The fraction of sp³-hybridized carbons (Fsp3) is 0.333. The smallest absolute Gasteiger partial charge is 0.255 e. The quantitative estimate of drug-likeness (QED) is 0.426. The molecule has 10 heteroatoms. The van der Waals surface area contributed by atoms with E-state index >= 15 is 0 Å². The number of hydrogen-bond donors (Lipinski definition) is 1. The number of piperazine rings is 1. The molecular formula is C27H28ClFN6O2. The molecule has 2 aromatic carbocycles. The molecule has 1 aliphatic heterocycles. The Balaban J connectivity index is 1.39. The first-order chi connectivity index (χ1) is 17.6. The molecule has 1 saturated heterocycles. The molecule has 1 aliphatic rings. The normalized spacial score (nSPS) is 14.9. The van der Waals surface area contributed by atoms with Crippen molar-refractivity contribution in [2.45, 2.75) is 26.0 Å². The first-order valence-corrected chi connectivity index (χ1v) is 12.5. The Hall–Kier alpha value is -3.40. The molecule has 0 radical (unpaired) electrons. The Kier molecular flexibility index (Phi) is 6.70. The summed E-state index contributed by atoms with van der Waals surface area (Å²) < 4.78 is 14.9. The first kappa shape index (κ1) is 25.3. The summed E-state index contributed by atoms with van der Waals surface area (Å²) in [6.45, 7) is 6.50. The fourth-order valence-corrected chi connectivity index (χ4v) is 4.78. The Morgan fingerprint density at radius 1 is 1.11 bits per heavy atom. The second-order valence-electron chi connectivity index (χ2n) is 9.84. The van der Waals surface area contributed by atoms with E-state index in [-0.39, 0.29) is 17.5 Å². The number of amides is 1. The average molecular weight is 523 g/mol. The van der Waals surface area contributed by atoms with Crippen molar-refractivity contribution >= 4 is 28.4 Å². The number of carbonyl (C=O) groups is 1. The van der Waals surface area contributed by atoms with E-state index in [1.54, 1.807) is 60.0 Å². The summed E-state index contributed by atoms with van der Waals surface area (Å²) in [5, 5.41) is 16.1. The number of rotatable bonds is 5. The number of fused-ring (bicyclic) bond motifs is 1. The van der Waals surface area contributed by atoms with Crippen molar-refractivity contribution in [2.24, 2.45) is 7.05 Å². The molecule has 0 spiro atoms. The molecule has 0 saturated carbocycles. The molecule has 8 nitrogen and oxygen atoms in total. The Morgan fingerprint density at radius 2 is 1.81 bits per heavy atom. The van der Waals surface area contributed by atoms with E-state index in [4.69, 9.17) is 11.6 Å². The van der Waals surface area contributed by atoms with Gasteiger partial charge in [0, 0.05) is 51.4 Å². The molecule has 0 unspecified atom stereocenters. The van der Waals surface area contributed by atoms with Crippen molar-refractivity contribution in [2.75, 3.05) is 26.2 Å². The van der Waals surface area contributed by atoms with Gasteiger partial charge in [0.15, 0.2) is 5.82 Å². The lowest BCUT2D eigenvalue weighted by Crippen LogP contribution is -2.48. The van der Waals surface area contributed by atoms with Crippen molar-refractivity contribution in [3.8, 4) is 11.4 Å². The topological polar surface area (TPSA) is 87.4 Å². The van der Waals surface area contributed by atoms with Gasteiger partial charge in [-0.1, -0.05) is 23.7 Å². The Bertz CT molecular complexity index is 1460. The highest BCUT2D eigenvalue weighted by Crippen LogP contribution is 2.32. The number of aliphatic hydroxyl groups is 1. The van der Waals surface area contributed by atoms with Gasteiger partial charge in [-0.05, 0) is 49.7 Å². The number of aromatic nitrogens is 4. The number of carbonyl (C=O) groups excluding carboxylic acids is 1. The minimum absolute atomic E-state index is 0.136. The molecule has 4 aromatic rings. The summed E-state index contributed by atoms with van der Waals surface area (Å²) in [5.41, 5.74) is 2.14. The lowest BCUT2D eigenvalue weighted by molar-refractivity contribution is 0.0628. The second kappa shape index (κ2) is 9.81. The maximum atomic E-state index is 13.5. The van der Waals surface area contributed by atoms with Crippen LogP contribution in [-0.2, 0) is 19.2 Å². The predicted molar refractivity (Wildman–Crippen MR) is 140 cm³/mol. The highest BCUT2D eigenvalue weighted by atomic mass is 35.5. The van der Waals surface area contributed by atoms with E-state index in [0.29, 0.717) is 54.7 Å². The number of nitrogens with zero attached hydrogens (tertiary/aromatic N) is 6. The molecule has 1 amide bonds. The molecule has 1 N–H and O–H groups in total. The summed E-state index contributed by atoms with van der Waals surface area (Å²) in [7, 11) is 1.81. The first-order valence-electron chi connectivity index (χ1n) is 12.1. The SMILES string of the molecule is Cn1nc(-c2ccnc(C(C)(C)O)n2)c2cc(C(=O)N3CCN(Cc4ccc(F)cc4)CC3)c(Cl)cc21. The van der Waals surface area contributed by atoms with Crippen LogP contribution in [0.3, 0.4) is 0 Å². The van der Waals surface area contributed by atoms with Gasteiger partial charge in [-0.25, -0.2) is 14.4 Å². The third-order valence-corrected chi connectivity index (χ3v) is 6.91. The molecule has 0 aliphatic carbocycles. The monoisotopic (exact) mass is 522 g/mol. The van der Waals surface area contributed by atoms with Crippen LogP contribution in [0, 0.1) is 5.82 Å². The fourth-order valence-electron chi connectivity index (χ4n) is 4.54. The average Bonchev–Trinajstić information content (AvgIpc) is 3.20. The minimum Gasteiger partial charge on any atom is -0.382 e. The highest BCUT2D eigenvalue weighted by Gasteiger charge is 2.26. The van der Waals surface area contributed by atoms with Crippen molar-refractivity contribution in [1.82, 2.24) is 29.5 Å². The van der Waals surface area contributed by atoms with Gasteiger partial charge in [0.1, 0.15) is 17.1 Å². The summed E-state index contributed by atoms with van der Waals surface area (Å²) in [4.78, 5) is 26.3. The summed E-state index contributed by atoms with van der Waals surface area (Å²) in [6.07, 6.45) is 1.59. The number of benzene rings is 2. The number of hydrogen-bond acceptors (Lipinski definition) is 6. The van der Waals surface area contributed by atoms with Crippen LogP contribution < -0.4 is 0 Å². The Labute approximate surface area is 219 Å². The van der Waals surface area contributed by atoms with E-state index in [1.165, 1.54) is 12.1 Å². The zero-order valence-electron chi connectivity index (χ0n) is 20.9. The van der Waals surface area contributed by atoms with Crippen LogP contribution in [0.15, 0.2) is 48.7 Å². The molecule has 1 fully saturated rings. The van der Waals surface area contributed by atoms with E-state index in [0.717, 1.165) is 16.5 Å². The molecule has 3 heterocycles. The summed E-state index contributed by atoms with van der Waals surface area (Å²) >= 11 is 6.59. The lowest BCUT2D eigenvalue weighted by atomic mass is 10.1. The third-order valence-electron chi connectivity index (χ3n) is 6.59. The van der Waals surface area contributed by atoms with Crippen LogP contribution in [0.4, 0.5) is 4.39 Å². The van der Waals surface area contributed by atoms with Gasteiger partial charge in [0.25, 0.3) is 5.91 Å². The maximum Gasteiger partial charge on any atom is 0.255 e. The maximum absolute atomic E-state index is 13.5. The molecule has 0 atom stereocenters. The predicted octanol–water partition coefficient (Wildman–Crippen LogP) is 4.01. The van der Waals surface area contributed by atoms with Gasteiger partial charge >= 0.3 is 0 Å². The van der Waals surface area contributed by atoms with Gasteiger partial charge in [-0.15, -0.1) is 0 Å². The lowest BCUT2D eigenvalue weighted by Gasteiger charge is -2.35. The van der Waals surface area contributed by atoms with E-state index < -0.39 is 5.60 Å². The van der Waals surface area contributed by atoms with Crippen molar-refractivity contribution in [3.63, 3.8) is 0 Å². The van der Waals surface area contributed by atoms with E-state index in [1.807, 2.05) is 7.05 Å². The second-order valence-corrected chi connectivity index (χ2v) is 10.2. The van der Waals surface area contributed by atoms with Gasteiger partial charge in [-0.3, -0.25) is 14.4 Å². The van der Waals surface area contributed by atoms with Crippen LogP contribution in [0.5, 0.6) is 0 Å². The van der Waals surface area contributed by atoms with Gasteiger partial charge in [-0.2, -0.15) is 5.10 Å². The molecule has 0 bridgehead atoms. The molecule has 5 rings (SSSR count). The molecule has 37 heavy (non-hydrogen) atoms. The van der Waals surface area contributed by atoms with E-state index in [9.17, 15) is 14.3 Å². The summed E-state index contributed by atoms with van der Waals surface area (Å²) in [6, 6.07) is 11.8. The molecule has 2 aromatic heterocycles. The highest BCUT2D eigenvalue weighted by molar-refractivity contribution is 6.34. The standard InChI is InChI=1S/C27H28ClFN6O2/c1-27(2,37)26-30-9-8-22(31-26)24-20-14-19(21(28)15-23(20)33(3)32-24)25(36)35-12-10-34(11-13-35)16-17-4-6-18(29)7-5-17/h4-9,14-15,37H,10-13,16H2,1-3H3. The van der Waals surface area contributed by atoms with Crippen molar-refractivity contribution in [3.05, 3.63) is 76.5 Å². The van der Waals surface area contributed by atoms with Crippen LogP contribution in [0.1, 0.15) is 35.6 Å². The number of aryl methyl sites for hydroxylation is 1. The number of halogens is 2. The third kappa shape index (κ3) is 5.20. The van der Waals surface area contributed by atoms with Crippen LogP contribution >= 0.6 is 11.6 Å². The zero-order valence-corrected chi connectivity index (χ0v) is 21.7. The van der Waals surface area contributed by atoms with Crippen LogP contribution in [0.25, 0.3) is 22.3 Å². The molecular weight excluding hydrogens is 495 g/mol.